The predicted molar refractivity (Wildman–Crippen MR) is 118 cm³/mol. The maximum Gasteiger partial charge on any atom is 0.183 e. The molecule has 0 aromatic rings. The first-order valence-electron chi connectivity index (χ1n) is 10.3. The number of allylic oxidation sites excluding steroid dienone is 8. The van der Waals surface area contributed by atoms with E-state index < -0.39 is 5.92 Å². The topological polar surface area (TPSA) is 51.2 Å². The van der Waals surface area contributed by atoms with E-state index in [9.17, 15) is 14.4 Å². The van der Waals surface area contributed by atoms with Crippen molar-refractivity contribution in [1.29, 1.82) is 0 Å². The van der Waals surface area contributed by atoms with Crippen LogP contribution in [-0.2, 0) is 14.4 Å². The third-order valence-electron chi connectivity index (χ3n) is 4.99. The maximum atomic E-state index is 12.5. The lowest BCUT2D eigenvalue weighted by molar-refractivity contribution is -0.129. The number of ketones is 3. The second-order valence-electron chi connectivity index (χ2n) is 7.92. The van der Waals surface area contributed by atoms with Crippen LogP contribution in [-0.4, -0.2) is 17.3 Å². The number of Topliss-reactive ketones (excluding diaryl/α,β-unsaturated/α-hetero) is 3. The van der Waals surface area contributed by atoms with Crippen LogP contribution in [0.15, 0.2) is 46.6 Å². The van der Waals surface area contributed by atoms with Gasteiger partial charge in [-0.2, -0.15) is 0 Å². The lowest BCUT2D eigenvalue weighted by atomic mass is 9.93. The molecule has 0 amide bonds. The van der Waals surface area contributed by atoms with Gasteiger partial charge in [0.2, 0.25) is 0 Å². The third kappa shape index (κ3) is 8.77. The minimum Gasteiger partial charge on any atom is -0.299 e. The first-order chi connectivity index (χ1) is 12.9. The Hall–Kier alpha value is -2.03. The van der Waals surface area contributed by atoms with E-state index in [2.05, 4.69) is 13.8 Å². The second-order valence-corrected chi connectivity index (χ2v) is 7.92. The number of rotatable bonds is 11. The Morgan fingerprint density at radius 3 is 1.82 bits per heavy atom. The summed E-state index contributed by atoms with van der Waals surface area (Å²) in [5.41, 5.74) is 3.04. The molecule has 0 aromatic heterocycles. The van der Waals surface area contributed by atoms with Crippen LogP contribution in [0.4, 0.5) is 0 Å². The largest absolute Gasteiger partial charge is 0.299 e. The molecule has 0 spiro atoms. The monoisotopic (exact) mass is 386 g/mol. The Bertz CT molecular complexity index is 701. The van der Waals surface area contributed by atoms with Crippen molar-refractivity contribution in [3.8, 4) is 0 Å². The van der Waals surface area contributed by atoms with Gasteiger partial charge in [0.25, 0.3) is 0 Å². The van der Waals surface area contributed by atoms with Crippen molar-refractivity contribution in [3.05, 3.63) is 46.6 Å². The van der Waals surface area contributed by atoms with Gasteiger partial charge in [0.1, 0.15) is 5.78 Å². The van der Waals surface area contributed by atoms with Gasteiger partial charge in [0.15, 0.2) is 11.6 Å². The summed E-state index contributed by atoms with van der Waals surface area (Å²) in [6.45, 7) is 17.1. The molecule has 0 N–H and O–H groups in total. The Morgan fingerprint density at radius 2 is 1.32 bits per heavy atom. The fraction of sp³-hybridized carbons (Fsp3) is 0.560. The van der Waals surface area contributed by atoms with Gasteiger partial charge in [0, 0.05) is 6.42 Å². The van der Waals surface area contributed by atoms with Crippen molar-refractivity contribution < 1.29 is 14.4 Å². The predicted octanol–water partition coefficient (Wildman–Crippen LogP) is 6.21. The van der Waals surface area contributed by atoms with Crippen molar-refractivity contribution in [2.24, 2.45) is 17.8 Å². The van der Waals surface area contributed by atoms with E-state index >= 15 is 0 Å². The summed E-state index contributed by atoms with van der Waals surface area (Å²) in [5.74, 6) is -0.220. The Labute approximate surface area is 171 Å². The van der Waals surface area contributed by atoms with Gasteiger partial charge < -0.3 is 0 Å². The molecule has 0 radical (unpaired) electrons. The molecule has 0 unspecified atom stereocenters. The zero-order valence-corrected chi connectivity index (χ0v) is 19.2. The Morgan fingerprint density at radius 1 is 0.786 bits per heavy atom. The van der Waals surface area contributed by atoms with Gasteiger partial charge >= 0.3 is 0 Å². The summed E-state index contributed by atoms with van der Waals surface area (Å²) in [4.78, 5) is 36.6. The second kappa shape index (κ2) is 12.4. The summed E-state index contributed by atoms with van der Waals surface area (Å²) < 4.78 is 0. The molecule has 0 aromatic carbocycles. The smallest absolute Gasteiger partial charge is 0.183 e. The van der Waals surface area contributed by atoms with Gasteiger partial charge in [-0.1, -0.05) is 64.0 Å². The number of hydrogen-bond acceptors (Lipinski definition) is 3. The summed E-state index contributed by atoms with van der Waals surface area (Å²) in [5, 5.41) is 0. The minimum absolute atomic E-state index is 0.0364. The van der Waals surface area contributed by atoms with E-state index in [0.717, 1.165) is 23.1 Å². The fourth-order valence-electron chi connectivity index (χ4n) is 3.12. The van der Waals surface area contributed by atoms with Crippen molar-refractivity contribution in [3.63, 3.8) is 0 Å². The molecular formula is C25H38O3. The van der Waals surface area contributed by atoms with E-state index in [1.807, 2.05) is 52.0 Å². The van der Waals surface area contributed by atoms with Gasteiger partial charge in [-0.25, -0.2) is 0 Å². The zero-order valence-electron chi connectivity index (χ0n) is 19.2. The molecule has 0 aliphatic heterocycles. The Balaban J connectivity index is 5.27. The molecule has 156 valence electrons. The van der Waals surface area contributed by atoms with Crippen LogP contribution in [0.2, 0.25) is 0 Å². The summed E-state index contributed by atoms with van der Waals surface area (Å²) in [6, 6.07) is 0. The van der Waals surface area contributed by atoms with E-state index in [-0.39, 0.29) is 23.3 Å². The number of carbonyl (C=O) groups is 3. The summed E-state index contributed by atoms with van der Waals surface area (Å²) in [6.07, 6.45) is 9.20. The molecular weight excluding hydrogens is 348 g/mol. The van der Waals surface area contributed by atoms with Gasteiger partial charge in [-0.15, -0.1) is 0 Å². The molecule has 0 fully saturated rings. The average Bonchev–Trinajstić information content (AvgIpc) is 2.64. The Kier molecular flexibility index (Phi) is 11.5. The molecule has 0 bridgehead atoms. The molecule has 0 aliphatic carbocycles. The molecule has 0 saturated carbocycles. The molecule has 0 rings (SSSR count). The third-order valence-corrected chi connectivity index (χ3v) is 4.99. The van der Waals surface area contributed by atoms with Crippen LogP contribution in [0, 0.1) is 17.8 Å². The van der Waals surface area contributed by atoms with Crippen molar-refractivity contribution in [1.82, 2.24) is 0 Å². The van der Waals surface area contributed by atoms with E-state index in [1.165, 1.54) is 0 Å². The normalized spacial score (nSPS) is 17.2. The van der Waals surface area contributed by atoms with Gasteiger partial charge in [0.05, 0.1) is 5.92 Å². The highest BCUT2D eigenvalue weighted by molar-refractivity contribution is 6.09. The standard InChI is InChI=1S/C25H38O3/c1-10-16(3)13-19(6)24(27)20(7)14-17(4)12-18(5)15-21(8)25(28)22(9)23(26)11-2/h12-17,22H,10-11H2,1-9H3/b18-12+,19-13+,20-14+,21-15+/t16-,17-,22-/m0/s1. The number of carbonyl (C=O) groups excluding carboxylic acids is 3. The average molecular weight is 387 g/mol. The molecule has 0 saturated heterocycles. The molecule has 0 heterocycles. The lowest BCUT2D eigenvalue weighted by Gasteiger charge is -2.09. The molecule has 28 heavy (non-hydrogen) atoms. The van der Waals surface area contributed by atoms with Crippen LogP contribution in [0.25, 0.3) is 0 Å². The fourth-order valence-corrected chi connectivity index (χ4v) is 3.12. The van der Waals surface area contributed by atoms with Gasteiger partial charge in [-0.3, -0.25) is 14.4 Å². The van der Waals surface area contributed by atoms with Crippen LogP contribution < -0.4 is 0 Å². The molecule has 0 aliphatic rings. The lowest BCUT2D eigenvalue weighted by Crippen LogP contribution is -2.21. The van der Waals surface area contributed by atoms with E-state index in [0.29, 0.717) is 17.9 Å². The van der Waals surface area contributed by atoms with Crippen molar-refractivity contribution in [2.45, 2.75) is 75.2 Å². The van der Waals surface area contributed by atoms with E-state index in [1.54, 1.807) is 20.8 Å². The van der Waals surface area contributed by atoms with Crippen LogP contribution in [0.3, 0.4) is 0 Å². The highest BCUT2D eigenvalue weighted by Crippen LogP contribution is 2.16. The van der Waals surface area contributed by atoms with E-state index in [4.69, 9.17) is 0 Å². The number of hydrogen-bond donors (Lipinski definition) is 0. The summed E-state index contributed by atoms with van der Waals surface area (Å²) in [7, 11) is 0. The minimum atomic E-state index is -0.591. The highest BCUT2D eigenvalue weighted by atomic mass is 16.2. The van der Waals surface area contributed by atoms with Crippen LogP contribution >= 0.6 is 0 Å². The van der Waals surface area contributed by atoms with Crippen molar-refractivity contribution in [2.75, 3.05) is 0 Å². The molecule has 3 atom stereocenters. The van der Waals surface area contributed by atoms with Crippen molar-refractivity contribution >= 4 is 17.3 Å². The quantitative estimate of drug-likeness (QED) is 0.241. The summed E-state index contributed by atoms with van der Waals surface area (Å²) >= 11 is 0. The molecule has 3 heteroatoms. The first-order valence-corrected chi connectivity index (χ1v) is 10.3. The zero-order chi connectivity index (χ0) is 22.0. The molecule has 3 nitrogen and oxygen atoms in total. The SMILES string of the molecule is CCC(=O)[C@H](C)C(=O)/C(C)=C/C(C)=C/[C@H](C)/C=C(\C)C(=O)/C(C)=C/[C@@H](C)CC. The highest BCUT2D eigenvalue weighted by Gasteiger charge is 2.20. The van der Waals surface area contributed by atoms with Crippen LogP contribution in [0.5, 0.6) is 0 Å². The first kappa shape index (κ1) is 26.0. The van der Waals surface area contributed by atoms with Crippen LogP contribution in [0.1, 0.15) is 75.2 Å². The maximum absolute atomic E-state index is 12.5. The van der Waals surface area contributed by atoms with Gasteiger partial charge in [-0.05, 0) is 63.2 Å².